The maximum absolute atomic E-state index is 12.4. The van der Waals surface area contributed by atoms with E-state index < -0.39 is 15.5 Å². The minimum absolute atomic E-state index is 0.131. The zero-order valence-electron chi connectivity index (χ0n) is 13.1. The van der Waals surface area contributed by atoms with Crippen LogP contribution in [0.4, 0.5) is 18.9 Å². The molecule has 10 heteroatoms. The van der Waals surface area contributed by atoms with Crippen molar-refractivity contribution in [1.82, 2.24) is 4.90 Å². The van der Waals surface area contributed by atoms with Gasteiger partial charge in [-0.1, -0.05) is 0 Å². The SMILES string of the molecule is Cc1cc(C(=O)N(C)[C@H]2CCSC2)ccc1NS(=O)(=O)C(F)(F)F. The van der Waals surface area contributed by atoms with Crippen molar-refractivity contribution in [2.24, 2.45) is 0 Å². The molecule has 1 N–H and O–H groups in total. The zero-order chi connectivity index (χ0) is 18.1. The van der Waals surface area contributed by atoms with Crippen LogP contribution in [-0.4, -0.2) is 49.3 Å². The van der Waals surface area contributed by atoms with E-state index in [9.17, 15) is 26.4 Å². The van der Waals surface area contributed by atoms with Gasteiger partial charge in [0.2, 0.25) is 0 Å². The number of hydrogen-bond donors (Lipinski definition) is 1. The van der Waals surface area contributed by atoms with Gasteiger partial charge in [0.15, 0.2) is 0 Å². The summed E-state index contributed by atoms with van der Waals surface area (Å²) in [6, 6.07) is 4.01. The molecule has 1 aliphatic heterocycles. The lowest BCUT2D eigenvalue weighted by molar-refractivity contribution is -0.0429. The molecule has 0 aromatic heterocycles. The van der Waals surface area contributed by atoms with Gasteiger partial charge in [0.1, 0.15) is 0 Å². The van der Waals surface area contributed by atoms with E-state index in [-0.39, 0.29) is 23.2 Å². The first-order chi connectivity index (χ1) is 11.0. The fourth-order valence-corrected chi connectivity index (χ4v) is 4.21. The summed E-state index contributed by atoms with van der Waals surface area (Å²) in [6.45, 7) is 1.44. The molecular formula is C14H17F3N2O3S2. The van der Waals surface area contributed by atoms with Crippen molar-refractivity contribution in [2.75, 3.05) is 23.3 Å². The quantitative estimate of drug-likeness (QED) is 0.870. The van der Waals surface area contributed by atoms with Gasteiger partial charge in [-0.25, -0.2) is 0 Å². The topological polar surface area (TPSA) is 66.5 Å². The molecule has 0 spiro atoms. The first kappa shape index (κ1) is 18.9. The Morgan fingerprint density at radius 1 is 1.38 bits per heavy atom. The molecule has 1 aromatic rings. The summed E-state index contributed by atoms with van der Waals surface area (Å²) in [5, 5.41) is 0. The molecule has 1 fully saturated rings. The summed E-state index contributed by atoms with van der Waals surface area (Å²) in [5.74, 6) is 1.60. The van der Waals surface area contributed by atoms with Crippen LogP contribution in [-0.2, 0) is 10.0 Å². The molecule has 0 bridgehead atoms. The lowest BCUT2D eigenvalue weighted by atomic mass is 10.1. The van der Waals surface area contributed by atoms with Gasteiger partial charge in [0.05, 0.1) is 5.69 Å². The van der Waals surface area contributed by atoms with Gasteiger partial charge in [0, 0.05) is 24.4 Å². The first-order valence-corrected chi connectivity index (χ1v) is 9.71. The molecule has 2 rings (SSSR count). The Morgan fingerprint density at radius 3 is 2.54 bits per heavy atom. The maximum atomic E-state index is 12.4. The highest BCUT2D eigenvalue weighted by atomic mass is 32.2. The summed E-state index contributed by atoms with van der Waals surface area (Å²) in [6.07, 6.45) is 0.898. The number of nitrogens with zero attached hydrogens (tertiary/aromatic N) is 1. The third kappa shape index (κ3) is 3.97. The van der Waals surface area contributed by atoms with E-state index in [0.29, 0.717) is 5.56 Å². The summed E-state index contributed by atoms with van der Waals surface area (Å²) < 4.78 is 61.1. The molecule has 0 saturated carbocycles. The minimum atomic E-state index is -5.48. The Kier molecular flexibility index (Phi) is 5.38. The van der Waals surface area contributed by atoms with Crippen molar-refractivity contribution >= 4 is 33.4 Å². The van der Waals surface area contributed by atoms with Crippen molar-refractivity contribution < 1.29 is 26.4 Å². The monoisotopic (exact) mass is 382 g/mol. The van der Waals surface area contributed by atoms with Crippen LogP contribution in [0.25, 0.3) is 0 Å². The molecule has 1 atom stereocenters. The van der Waals surface area contributed by atoms with Crippen LogP contribution in [0.5, 0.6) is 0 Å². The summed E-state index contributed by atoms with van der Waals surface area (Å²) in [5.41, 5.74) is -5.05. The third-order valence-corrected chi connectivity index (χ3v) is 6.04. The number of aryl methyl sites for hydroxylation is 1. The molecule has 0 aliphatic carbocycles. The normalized spacial score (nSPS) is 18.5. The average Bonchev–Trinajstić information content (AvgIpc) is 3.00. The predicted molar refractivity (Wildman–Crippen MR) is 87.6 cm³/mol. The second kappa shape index (κ2) is 6.83. The van der Waals surface area contributed by atoms with Gasteiger partial charge in [-0.05, 0) is 42.9 Å². The van der Waals surface area contributed by atoms with Crippen molar-refractivity contribution in [2.45, 2.75) is 24.9 Å². The highest BCUT2D eigenvalue weighted by molar-refractivity contribution is 7.99. The van der Waals surface area contributed by atoms with Gasteiger partial charge in [0.25, 0.3) is 5.91 Å². The van der Waals surface area contributed by atoms with Crippen LogP contribution in [0.3, 0.4) is 0 Å². The Labute approximate surface area is 142 Å². The largest absolute Gasteiger partial charge is 0.516 e. The lowest BCUT2D eigenvalue weighted by Crippen LogP contribution is -2.37. The van der Waals surface area contributed by atoms with E-state index in [1.54, 1.807) is 23.7 Å². The number of anilines is 1. The number of hydrogen-bond acceptors (Lipinski definition) is 4. The highest BCUT2D eigenvalue weighted by Gasteiger charge is 2.46. The second-order valence-corrected chi connectivity index (χ2v) is 8.34. The minimum Gasteiger partial charge on any atom is -0.338 e. The number of thioether (sulfide) groups is 1. The van der Waals surface area contributed by atoms with E-state index in [1.807, 2.05) is 0 Å². The number of halogens is 3. The molecule has 5 nitrogen and oxygen atoms in total. The number of rotatable bonds is 4. The Morgan fingerprint density at radius 2 is 2.04 bits per heavy atom. The van der Waals surface area contributed by atoms with Crippen molar-refractivity contribution in [3.8, 4) is 0 Å². The molecule has 0 unspecified atom stereocenters. The zero-order valence-corrected chi connectivity index (χ0v) is 14.7. The molecule has 1 aromatic carbocycles. The fraction of sp³-hybridized carbons (Fsp3) is 0.500. The Bertz CT molecular complexity index is 729. The summed E-state index contributed by atoms with van der Waals surface area (Å²) in [4.78, 5) is 14.1. The number of benzene rings is 1. The van der Waals surface area contributed by atoms with E-state index in [2.05, 4.69) is 0 Å². The second-order valence-electron chi connectivity index (χ2n) is 5.51. The van der Waals surface area contributed by atoms with E-state index in [1.165, 1.54) is 29.8 Å². The number of sulfonamides is 1. The molecule has 1 amide bonds. The number of amides is 1. The number of carbonyl (C=O) groups is 1. The number of alkyl halides is 3. The van der Waals surface area contributed by atoms with Crippen LogP contribution in [0.2, 0.25) is 0 Å². The van der Waals surface area contributed by atoms with Gasteiger partial charge >= 0.3 is 15.5 Å². The van der Waals surface area contributed by atoms with Gasteiger partial charge in [-0.2, -0.15) is 33.4 Å². The van der Waals surface area contributed by atoms with E-state index in [4.69, 9.17) is 0 Å². The third-order valence-electron chi connectivity index (χ3n) is 3.80. The Balaban J connectivity index is 2.19. The van der Waals surface area contributed by atoms with Gasteiger partial charge in [-0.3, -0.25) is 9.52 Å². The van der Waals surface area contributed by atoms with Crippen LogP contribution in [0.1, 0.15) is 22.3 Å². The van der Waals surface area contributed by atoms with Crippen LogP contribution in [0, 0.1) is 6.92 Å². The standard InChI is InChI=1S/C14H17F3N2O3S2/c1-9-7-10(13(20)19(2)11-5-6-23-8-11)3-4-12(9)18-24(21,22)14(15,16)17/h3-4,7,11,18H,5-6,8H2,1-2H3/t11-/m0/s1. The van der Waals surface area contributed by atoms with Gasteiger partial charge < -0.3 is 4.90 Å². The number of nitrogens with one attached hydrogen (secondary N) is 1. The molecule has 24 heavy (non-hydrogen) atoms. The van der Waals surface area contributed by atoms with Crippen molar-refractivity contribution in [3.63, 3.8) is 0 Å². The van der Waals surface area contributed by atoms with Crippen LogP contribution in [0.15, 0.2) is 18.2 Å². The van der Waals surface area contributed by atoms with Crippen LogP contribution >= 0.6 is 11.8 Å². The molecule has 1 saturated heterocycles. The first-order valence-electron chi connectivity index (χ1n) is 7.07. The average molecular weight is 382 g/mol. The molecule has 0 radical (unpaired) electrons. The van der Waals surface area contributed by atoms with Gasteiger partial charge in [-0.15, -0.1) is 0 Å². The highest BCUT2D eigenvalue weighted by Crippen LogP contribution is 2.28. The van der Waals surface area contributed by atoms with Crippen molar-refractivity contribution in [1.29, 1.82) is 0 Å². The summed E-state index contributed by atoms with van der Waals surface area (Å²) >= 11 is 1.76. The van der Waals surface area contributed by atoms with E-state index in [0.717, 1.165) is 17.9 Å². The molecule has 134 valence electrons. The van der Waals surface area contributed by atoms with Crippen molar-refractivity contribution in [3.05, 3.63) is 29.3 Å². The number of carbonyl (C=O) groups excluding carboxylic acids is 1. The summed E-state index contributed by atoms with van der Waals surface area (Å²) in [7, 11) is -3.79. The fourth-order valence-electron chi connectivity index (χ4n) is 2.31. The lowest BCUT2D eigenvalue weighted by Gasteiger charge is -2.24. The van der Waals surface area contributed by atoms with Crippen LogP contribution < -0.4 is 4.72 Å². The molecule has 1 aliphatic rings. The Hall–Kier alpha value is -1.42. The molecular weight excluding hydrogens is 365 g/mol. The van der Waals surface area contributed by atoms with E-state index >= 15 is 0 Å². The molecule has 1 heterocycles. The maximum Gasteiger partial charge on any atom is 0.516 e. The smallest absolute Gasteiger partial charge is 0.338 e. The predicted octanol–water partition coefficient (Wildman–Crippen LogP) is 2.83.